The van der Waals surface area contributed by atoms with Gasteiger partial charge in [0.1, 0.15) is 23.4 Å². The summed E-state index contributed by atoms with van der Waals surface area (Å²) >= 11 is 0. The van der Waals surface area contributed by atoms with Gasteiger partial charge in [-0.15, -0.1) is 0 Å². The quantitative estimate of drug-likeness (QED) is 0.287. The van der Waals surface area contributed by atoms with Gasteiger partial charge in [-0.1, -0.05) is 18.2 Å². The number of nitro benzene ring substituents is 1. The molecule has 0 radical (unpaired) electrons. The summed E-state index contributed by atoms with van der Waals surface area (Å²) in [5, 5.41) is 20.7. The molecular formula is C22H16N4O3. The first-order chi connectivity index (χ1) is 13.9. The average molecular weight is 384 g/mol. The molecule has 0 amide bonds. The van der Waals surface area contributed by atoms with Crippen LogP contribution in [0.2, 0.25) is 0 Å². The zero-order valence-electron chi connectivity index (χ0n) is 15.8. The topological polar surface area (TPSA) is 109 Å². The summed E-state index contributed by atoms with van der Waals surface area (Å²) in [7, 11) is 0. The fraction of sp³-hybridized carbons (Fsp3) is 0.0909. The number of aromatic amines is 1. The number of fused-ring (bicyclic) bond motifs is 1. The zero-order valence-corrected chi connectivity index (χ0v) is 15.8. The number of nitro groups is 1. The summed E-state index contributed by atoms with van der Waals surface area (Å²) in [5.41, 5.74) is 4.27. The maximum absolute atomic E-state index is 11.2. The predicted molar refractivity (Wildman–Crippen MR) is 110 cm³/mol. The van der Waals surface area contributed by atoms with Crippen LogP contribution in [-0.2, 0) is 0 Å². The largest absolute Gasteiger partial charge is 0.457 e. The van der Waals surface area contributed by atoms with Crippen molar-refractivity contribution in [3.63, 3.8) is 0 Å². The van der Waals surface area contributed by atoms with E-state index in [1.54, 1.807) is 37.3 Å². The zero-order chi connectivity index (χ0) is 20.5. The normalized spacial score (nSPS) is 11.6. The van der Waals surface area contributed by atoms with Gasteiger partial charge in [0.05, 0.1) is 21.5 Å². The van der Waals surface area contributed by atoms with Gasteiger partial charge in [-0.25, -0.2) is 4.98 Å². The van der Waals surface area contributed by atoms with E-state index >= 15 is 0 Å². The fourth-order valence-electron chi connectivity index (χ4n) is 3.09. The van der Waals surface area contributed by atoms with Gasteiger partial charge in [-0.05, 0) is 43.7 Å². The van der Waals surface area contributed by atoms with Gasteiger partial charge in [-0.2, -0.15) is 5.26 Å². The van der Waals surface area contributed by atoms with Crippen molar-refractivity contribution in [2.75, 3.05) is 0 Å². The Hall–Kier alpha value is -4.18. The summed E-state index contributed by atoms with van der Waals surface area (Å²) in [6.45, 7) is 3.67. The molecule has 29 heavy (non-hydrogen) atoms. The van der Waals surface area contributed by atoms with Crippen LogP contribution in [0.1, 0.15) is 22.7 Å². The Balaban J connectivity index is 1.69. The van der Waals surface area contributed by atoms with Crippen molar-refractivity contribution >= 4 is 28.4 Å². The minimum Gasteiger partial charge on any atom is -0.457 e. The van der Waals surface area contributed by atoms with Gasteiger partial charge in [0.2, 0.25) is 0 Å². The van der Waals surface area contributed by atoms with Crippen LogP contribution < -0.4 is 0 Å². The minimum absolute atomic E-state index is 0.0336. The highest BCUT2D eigenvalue weighted by Crippen LogP contribution is 2.29. The van der Waals surface area contributed by atoms with E-state index in [1.807, 2.05) is 25.1 Å². The highest BCUT2D eigenvalue weighted by Gasteiger charge is 2.14. The molecule has 0 bridgehead atoms. The number of H-pyrrole nitrogens is 1. The van der Waals surface area contributed by atoms with E-state index in [9.17, 15) is 15.4 Å². The van der Waals surface area contributed by atoms with E-state index in [0.29, 0.717) is 34.0 Å². The second-order valence-electron chi connectivity index (χ2n) is 6.74. The molecule has 2 heterocycles. The maximum atomic E-state index is 11.2. The summed E-state index contributed by atoms with van der Waals surface area (Å²) in [6.07, 6.45) is 1.59. The molecule has 4 rings (SSSR count). The van der Waals surface area contributed by atoms with Crippen LogP contribution in [0.25, 0.3) is 34.0 Å². The molecule has 0 unspecified atom stereocenters. The number of benzene rings is 2. The van der Waals surface area contributed by atoms with Crippen LogP contribution in [0.3, 0.4) is 0 Å². The Morgan fingerprint density at radius 1 is 1.21 bits per heavy atom. The molecular weight excluding hydrogens is 368 g/mol. The lowest BCUT2D eigenvalue weighted by atomic mass is 10.1. The lowest BCUT2D eigenvalue weighted by Crippen LogP contribution is -1.91. The second-order valence-corrected chi connectivity index (χ2v) is 6.74. The lowest BCUT2D eigenvalue weighted by molar-refractivity contribution is -0.385. The molecule has 0 atom stereocenters. The van der Waals surface area contributed by atoms with Gasteiger partial charge in [0.15, 0.2) is 0 Å². The molecule has 0 spiro atoms. The van der Waals surface area contributed by atoms with Gasteiger partial charge >= 0.3 is 0 Å². The van der Waals surface area contributed by atoms with Crippen molar-refractivity contribution in [3.05, 3.63) is 81.4 Å². The number of allylic oxidation sites excluding steroid dienone is 1. The van der Waals surface area contributed by atoms with Crippen LogP contribution in [0.5, 0.6) is 0 Å². The average Bonchev–Trinajstić information content (AvgIpc) is 3.32. The number of rotatable bonds is 4. The first-order valence-corrected chi connectivity index (χ1v) is 8.88. The third-order valence-corrected chi connectivity index (χ3v) is 4.62. The second kappa shape index (κ2) is 7.09. The van der Waals surface area contributed by atoms with E-state index < -0.39 is 4.92 Å². The minimum atomic E-state index is -0.417. The Morgan fingerprint density at radius 3 is 2.79 bits per heavy atom. The van der Waals surface area contributed by atoms with Crippen LogP contribution in [0.15, 0.2) is 52.9 Å². The molecule has 0 aliphatic heterocycles. The van der Waals surface area contributed by atoms with E-state index in [1.165, 1.54) is 6.07 Å². The van der Waals surface area contributed by atoms with Crippen molar-refractivity contribution in [1.82, 2.24) is 9.97 Å². The number of furan rings is 1. The molecule has 0 aliphatic rings. The molecule has 7 heteroatoms. The van der Waals surface area contributed by atoms with Crippen molar-refractivity contribution < 1.29 is 9.34 Å². The van der Waals surface area contributed by atoms with E-state index in [0.717, 1.165) is 16.6 Å². The van der Waals surface area contributed by atoms with E-state index in [2.05, 4.69) is 16.0 Å². The first-order valence-electron chi connectivity index (χ1n) is 8.88. The predicted octanol–water partition coefficient (Wildman–Crippen LogP) is 5.41. The van der Waals surface area contributed by atoms with E-state index in [-0.39, 0.29) is 5.69 Å². The number of imidazole rings is 1. The molecule has 2 aromatic heterocycles. The number of hydrogen-bond acceptors (Lipinski definition) is 5. The third kappa shape index (κ3) is 3.51. The van der Waals surface area contributed by atoms with Gasteiger partial charge in [0, 0.05) is 23.3 Å². The Kier molecular flexibility index (Phi) is 4.45. The molecule has 0 fully saturated rings. The van der Waals surface area contributed by atoms with Crippen LogP contribution >= 0.6 is 0 Å². The lowest BCUT2D eigenvalue weighted by Gasteiger charge is -2.00. The third-order valence-electron chi connectivity index (χ3n) is 4.62. The van der Waals surface area contributed by atoms with Crippen LogP contribution in [0, 0.1) is 35.3 Å². The Morgan fingerprint density at radius 2 is 2.03 bits per heavy atom. The van der Waals surface area contributed by atoms with Gasteiger partial charge in [0.25, 0.3) is 5.69 Å². The molecule has 1 N–H and O–H groups in total. The van der Waals surface area contributed by atoms with Gasteiger partial charge < -0.3 is 9.40 Å². The summed E-state index contributed by atoms with van der Waals surface area (Å²) < 4.78 is 5.80. The Bertz CT molecular complexity index is 1320. The first kappa shape index (κ1) is 18.2. The highest BCUT2D eigenvalue weighted by molar-refractivity contribution is 5.89. The summed E-state index contributed by atoms with van der Waals surface area (Å²) in [4.78, 5) is 18.4. The molecule has 0 saturated heterocycles. The van der Waals surface area contributed by atoms with Crippen molar-refractivity contribution in [3.8, 4) is 17.4 Å². The molecule has 2 aromatic carbocycles. The van der Waals surface area contributed by atoms with Crippen molar-refractivity contribution in [2.45, 2.75) is 13.8 Å². The van der Waals surface area contributed by atoms with Crippen molar-refractivity contribution in [2.24, 2.45) is 0 Å². The fourth-order valence-corrected chi connectivity index (χ4v) is 3.09. The van der Waals surface area contributed by atoms with Crippen LogP contribution in [0.4, 0.5) is 5.69 Å². The maximum Gasteiger partial charge on any atom is 0.273 e. The SMILES string of the molecule is Cc1ccc2nc(/C(C#N)=C\c3ccc(-c4ccc(C)c([N+](=O)[O-])c4)o3)[nH]c2c1. The van der Waals surface area contributed by atoms with Gasteiger partial charge in [-0.3, -0.25) is 10.1 Å². The number of nitriles is 1. The Labute approximate surface area is 166 Å². The number of aromatic nitrogens is 2. The monoisotopic (exact) mass is 384 g/mol. The highest BCUT2D eigenvalue weighted by atomic mass is 16.6. The molecule has 0 aliphatic carbocycles. The summed E-state index contributed by atoms with van der Waals surface area (Å²) in [5.74, 6) is 1.39. The molecule has 0 saturated carbocycles. The van der Waals surface area contributed by atoms with Crippen LogP contribution in [-0.4, -0.2) is 14.9 Å². The smallest absolute Gasteiger partial charge is 0.273 e. The summed E-state index contributed by atoms with van der Waals surface area (Å²) in [6, 6.07) is 16.3. The number of nitrogens with zero attached hydrogens (tertiary/aromatic N) is 3. The molecule has 142 valence electrons. The molecule has 7 nitrogen and oxygen atoms in total. The number of hydrogen-bond donors (Lipinski definition) is 1. The molecule has 4 aromatic rings. The number of nitrogens with one attached hydrogen (secondary N) is 1. The standard InChI is InChI=1S/C22H16N4O3/c1-13-3-7-18-19(9-13)25-22(24-18)16(12-23)10-17-6-8-21(29-17)15-5-4-14(2)20(11-15)26(27)28/h3-11H,1-2H3,(H,24,25)/b16-10-. The number of aryl methyl sites for hydroxylation is 2. The van der Waals surface area contributed by atoms with E-state index in [4.69, 9.17) is 4.42 Å². The van der Waals surface area contributed by atoms with Crippen molar-refractivity contribution in [1.29, 1.82) is 5.26 Å².